The Hall–Kier alpha value is -1.78. The molecule has 0 saturated carbocycles. The van der Waals surface area contributed by atoms with Gasteiger partial charge < -0.3 is 15.3 Å². The second-order valence-electron chi connectivity index (χ2n) is 1.58. The van der Waals surface area contributed by atoms with Crippen LogP contribution in [-0.4, -0.2) is 27.3 Å². The molecule has 0 amide bonds. The maximum atomic E-state index is 9.84. The molecule has 0 fully saturated rings. The molecular weight excluding hydrogens is 152 g/mol. The van der Waals surface area contributed by atoms with Crippen molar-refractivity contribution in [2.45, 2.75) is 0 Å². The van der Waals surface area contributed by atoms with E-state index in [0.717, 1.165) is 6.08 Å². The molecule has 0 aliphatic heterocycles. The van der Waals surface area contributed by atoms with Crippen LogP contribution in [0.5, 0.6) is 0 Å². The first-order valence-electron chi connectivity index (χ1n) is 2.57. The first-order valence-corrected chi connectivity index (χ1v) is 2.57. The number of carbonyl (C=O) groups is 2. The normalized spacial score (nSPS) is 11.8. The second kappa shape index (κ2) is 4.10. The van der Waals surface area contributed by atoms with Gasteiger partial charge in [0.1, 0.15) is 5.76 Å². The monoisotopic (exact) mass is 158 g/mol. The van der Waals surface area contributed by atoms with E-state index in [1.54, 1.807) is 0 Å². The summed E-state index contributed by atoms with van der Waals surface area (Å²) in [6.45, 7) is 0. The van der Waals surface area contributed by atoms with Crippen LogP contribution in [0.3, 0.4) is 0 Å². The standard InChI is InChI=1S/C6H6O5/c7-4(3-6(10)11)1-2-5(8)9/h1-3,7H,(H,8,9)(H,10,11)/b2-1-,4-3+. The number of carboxylic acid groups (broad SMARTS) is 2. The third-order valence-corrected chi connectivity index (χ3v) is 0.668. The zero-order chi connectivity index (χ0) is 8.85. The molecule has 0 radical (unpaired) electrons. The molecule has 60 valence electrons. The van der Waals surface area contributed by atoms with Gasteiger partial charge in [-0.15, -0.1) is 0 Å². The number of aliphatic hydroxyl groups is 1. The Balaban J connectivity index is 4.17. The van der Waals surface area contributed by atoms with E-state index in [1.165, 1.54) is 0 Å². The first-order chi connectivity index (χ1) is 5.02. The van der Waals surface area contributed by atoms with Crippen molar-refractivity contribution in [1.82, 2.24) is 0 Å². The third kappa shape index (κ3) is 6.10. The molecule has 3 N–H and O–H groups in total. The van der Waals surface area contributed by atoms with Crippen LogP contribution in [0.25, 0.3) is 0 Å². The number of hydrogen-bond donors (Lipinski definition) is 3. The summed E-state index contributed by atoms with van der Waals surface area (Å²) in [7, 11) is 0. The summed E-state index contributed by atoms with van der Waals surface area (Å²) < 4.78 is 0. The molecule has 0 saturated heterocycles. The highest BCUT2D eigenvalue weighted by Crippen LogP contribution is 1.89. The zero-order valence-corrected chi connectivity index (χ0v) is 5.39. The molecule has 0 rings (SSSR count). The van der Waals surface area contributed by atoms with Gasteiger partial charge in [-0.3, -0.25) is 0 Å². The fraction of sp³-hybridized carbons (Fsp3) is 0. The molecule has 11 heavy (non-hydrogen) atoms. The van der Waals surface area contributed by atoms with Gasteiger partial charge in [0.2, 0.25) is 0 Å². The molecule has 0 aromatic rings. The highest BCUT2D eigenvalue weighted by molar-refractivity contribution is 5.83. The van der Waals surface area contributed by atoms with Gasteiger partial charge in [-0.25, -0.2) is 9.59 Å². The molecule has 0 bridgehead atoms. The fourth-order valence-corrected chi connectivity index (χ4v) is 0.331. The van der Waals surface area contributed by atoms with Crippen molar-refractivity contribution in [2.24, 2.45) is 0 Å². The summed E-state index contributed by atoms with van der Waals surface area (Å²) in [5, 5.41) is 24.7. The van der Waals surface area contributed by atoms with E-state index < -0.39 is 17.7 Å². The predicted octanol–water partition coefficient (Wildman–Crippen LogP) is 0.154. The van der Waals surface area contributed by atoms with Crippen molar-refractivity contribution >= 4 is 11.9 Å². The van der Waals surface area contributed by atoms with E-state index in [9.17, 15) is 9.59 Å². The number of hydrogen-bond acceptors (Lipinski definition) is 3. The molecule has 0 aliphatic carbocycles. The van der Waals surface area contributed by atoms with Crippen molar-refractivity contribution in [1.29, 1.82) is 0 Å². The highest BCUT2D eigenvalue weighted by atomic mass is 16.4. The first kappa shape index (κ1) is 9.22. The molecule has 0 unspecified atom stereocenters. The number of rotatable bonds is 3. The average Bonchev–Trinajstić information content (AvgIpc) is 1.82. The van der Waals surface area contributed by atoms with Crippen LogP contribution in [0, 0.1) is 0 Å². The summed E-state index contributed by atoms with van der Waals surface area (Å²) in [6.07, 6.45) is 1.89. The molecule has 0 heterocycles. The molecule has 0 aromatic carbocycles. The Bertz CT molecular complexity index is 225. The minimum Gasteiger partial charge on any atom is -0.508 e. The lowest BCUT2D eigenvalue weighted by Gasteiger charge is -1.85. The summed E-state index contributed by atoms with van der Waals surface area (Å²) in [5.41, 5.74) is 0. The average molecular weight is 158 g/mol. The van der Waals surface area contributed by atoms with Crippen molar-refractivity contribution < 1.29 is 24.9 Å². The van der Waals surface area contributed by atoms with E-state index in [-0.39, 0.29) is 0 Å². The van der Waals surface area contributed by atoms with Crippen LogP contribution in [0.2, 0.25) is 0 Å². The summed E-state index contributed by atoms with van der Waals surface area (Å²) in [6, 6.07) is 0. The van der Waals surface area contributed by atoms with E-state index in [2.05, 4.69) is 0 Å². The Labute approximate surface area is 61.9 Å². The number of allylic oxidation sites excluding steroid dienone is 1. The van der Waals surface area contributed by atoms with Gasteiger partial charge in [0, 0.05) is 6.08 Å². The number of aliphatic carboxylic acids is 2. The van der Waals surface area contributed by atoms with Crippen LogP contribution in [-0.2, 0) is 9.59 Å². The van der Waals surface area contributed by atoms with Crippen LogP contribution < -0.4 is 0 Å². The quantitative estimate of drug-likeness (QED) is 0.309. The predicted molar refractivity (Wildman–Crippen MR) is 35.1 cm³/mol. The molecule has 0 aromatic heterocycles. The van der Waals surface area contributed by atoms with Gasteiger partial charge in [0.15, 0.2) is 0 Å². The maximum Gasteiger partial charge on any atom is 0.332 e. The summed E-state index contributed by atoms with van der Waals surface area (Å²) in [5.74, 6) is -3.20. The Morgan fingerprint density at radius 3 is 1.82 bits per heavy atom. The van der Waals surface area contributed by atoms with Crippen molar-refractivity contribution in [3.8, 4) is 0 Å². The van der Waals surface area contributed by atoms with Crippen molar-refractivity contribution in [2.75, 3.05) is 0 Å². The molecule has 0 aliphatic rings. The molecule has 0 atom stereocenters. The largest absolute Gasteiger partial charge is 0.508 e. The summed E-state index contributed by atoms with van der Waals surface area (Å²) >= 11 is 0. The van der Waals surface area contributed by atoms with Gasteiger partial charge in [-0.2, -0.15) is 0 Å². The van der Waals surface area contributed by atoms with Crippen molar-refractivity contribution in [3.05, 3.63) is 24.0 Å². The lowest BCUT2D eigenvalue weighted by molar-refractivity contribution is -0.132. The van der Waals surface area contributed by atoms with E-state index in [1.807, 2.05) is 0 Å². The lowest BCUT2D eigenvalue weighted by Crippen LogP contribution is -1.91. The minimum atomic E-state index is -1.34. The smallest absolute Gasteiger partial charge is 0.332 e. The topological polar surface area (TPSA) is 94.8 Å². The van der Waals surface area contributed by atoms with Gasteiger partial charge in [0.05, 0.1) is 6.08 Å². The van der Waals surface area contributed by atoms with Crippen LogP contribution in [0.15, 0.2) is 24.0 Å². The van der Waals surface area contributed by atoms with Gasteiger partial charge in [0.25, 0.3) is 0 Å². The van der Waals surface area contributed by atoms with E-state index in [0.29, 0.717) is 12.2 Å². The van der Waals surface area contributed by atoms with Gasteiger partial charge in [-0.1, -0.05) is 0 Å². The third-order valence-electron chi connectivity index (χ3n) is 0.668. The van der Waals surface area contributed by atoms with Crippen molar-refractivity contribution in [3.63, 3.8) is 0 Å². The second-order valence-corrected chi connectivity index (χ2v) is 1.58. The van der Waals surface area contributed by atoms with Crippen LogP contribution in [0.4, 0.5) is 0 Å². The molecule has 5 nitrogen and oxygen atoms in total. The molecular formula is C6H6O5. The summed E-state index contributed by atoms with van der Waals surface area (Å²) in [4.78, 5) is 19.7. The SMILES string of the molecule is O=C(O)/C=C\C(O)=C/C(=O)O. The Kier molecular flexibility index (Phi) is 3.44. The number of carboxylic acids is 2. The van der Waals surface area contributed by atoms with Crippen LogP contribution >= 0.6 is 0 Å². The zero-order valence-electron chi connectivity index (χ0n) is 5.39. The van der Waals surface area contributed by atoms with Crippen LogP contribution in [0.1, 0.15) is 0 Å². The van der Waals surface area contributed by atoms with Gasteiger partial charge >= 0.3 is 11.9 Å². The van der Waals surface area contributed by atoms with E-state index in [4.69, 9.17) is 15.3 Å². The molecule has 0 spiro atoms. The highest BCUT2D eigenvalue weighted by Gasteiger charge is 1.93. The lowest BCUT2D eigenvalue weighted by atomic mass is 10.4. The minimum absolute atomic E-state index is 0.486. The number of aliphatic hydroxyl groups excluding tert-OH is 1. The van der Waals surface area contributed by atoms with E-state index >= 15 is 0 Å². The van der Waals surface area contributed by atoms with Gasteiger partial charge in [-0.05, 0) is 6.08 Å². The maximum absolute atomic E-state index is 9.84. The Morgan fingerprint density at radius 1 is 0.909 bits per heavy atom. The Morgan fingerprint density at radius 2 is 1.45 bits per heavy atom. The molecule has 5 heteroatoms. The fourth-order valence-electron chi connectivity index (χ4n) is 0.331.